The van der Waals surface area contributed by atoms with E-state index in [4.69, 9.17) is 5.11 Å². The number of non-ortho nitro benzene ring substituents is 1. The lowest BCUT2D eigenvalue weighted by atomic mass is 10.1. The summed E-state index contributed by atoms with van der Waals surface area (Å²) in [6, 6.07) is 2.08. The van der Waals surface area contributed by atoms with Crippen LogP contribution in [0.4, 0.5) is 18.9 Å². The van der Waals surface area contributed by atoms with Crippen LogP contribution in [0.25, 0.3) is 6.08 Å². The second-order valence-corrected chi connectivity index (χ2v) is 3.20. The van der Waals surface area contributed by atoms with Crippen molar-refractivity contribution in [3.05, 3.63) is 45.5 Å². The predicted octanol–water partition coefficient (Wildman–Crippen LogP) is 2.71. The largest absolute Gasteiger partial charge is 0.478 e. The number of alkyl halides is 3. The van der Waals surface area contributed by atoms with E-state index in [0.717, 1.165) is 18.2 Å². The van der Waals surface area contributed by atoms with Gasteiger partial charge in [0, 0.05) is 18.2 Å². The van der Waals surface area contributed by atoms with E-state index in [9.17, 15) is 28.1 Å². The third-order valence-electron chi connectivity index (χ3n) is 1.96. The van der Waals surface area contributed by atoms with Crippen molar-refractivity contribution < 1.29 is 28.0 Å². The van der Waals surface area contributed by atoms with Crippen molar-refractivity contribution in [2.45, 2.75) is 6.18 Å². The lowest BCUT2D eigenvalue weighted by molar-refractivity contribution is -0.385. The van der Waals surface area contributed by atoms with Crippen LogP contribution in [-0.2, 0) is 11.0 Å². The molecule has 18 heavy (non-hydrogen) atoms. The Balaban J connectivity index is 3.34. The van der Waals surface area contributed by atoms with E-state index in [1.165, 1.54) is 0 Å². The number of carboxylic acid groups (broad SMARTS) is 1. The summed E-state index contributed by atoms with van der Waals surface area (Å²) in [7, 11) is 0. The molecule has 5 nitrogen and oxygen atoms in total. The van der Waals surface area contributed by atoms with Crippen LogP contribution in [0.15, 0.2) is 24.3 Å². The molecular weight excluding hydrogens is 255 g/mol. The van der Waals surface area contributed by atoms with Gasteiger partial charge in [0.2, 0.25) is 0 Å². The van der Waals surface area contributed by atoms with Gasteiger partial charge in [-0.25, -0.2) is 4.79 Å². The molecule has 0 saturated carbocycles. The fourth-order valence-corrected chi connectivity index (χ4v) is 1.21. The first-order valence-electron chi connectivity index (χ1n) is 4.48. The number of nitrogens with zero attached hydrogens (tertiary/aromatic N) is 1. The number of carboxylic acids is 1. The van der Waals surface area contributed by atoms with E-state index in [1.54, 1.807) is 0 Å². The van der Waals surface area contributed by atoms with Crippen LogP contribution in [0.5, 0.6) is 0 Å². The van der Waals surface area contributed by atoms with Crippen LogP contribution < -0.4 is 0 Å². The monoisotopic (exact) mass is 261 g/mol. The van der Waals surface area contributed by atoms with Crippen LogP contribution >= 0.6 is 0 Å². The van der Waals surface area contributed by atoms with Gasteiger partial charge in [-0.3, -0.25) is 10.1 Å². The van der Waals surface area contributed by atoms with Gasteiger partial charge in [0.15, 0.2) is 0 Å². The molecule has 0 aliphatic carbocycles. The van der Waals surface area contributed by atoms with Crippen molar-refractivity contribution in [1.29, 1.82) is 0 Å². The highest BCUT2D eigenvalue weighted by atomic mass is 19.4. The highest BCUT2D eigenvalue weighted by Gasteiger charge is 2.34. The summed E-state index contributed by atoms with van der Waals surface area (Å²) in [6.07, 6.45) is -3.55. The summed E-state index contributed by atoms with van der Waals surface area (Å²) < 4.78 is 37.8. The molecule has 0 spiro atoms. The van der Waals surface area contributed by atoms with Crippen LogP contribution in [-0.4, -0.2) is 16.0 Å². The number of rotatable bonds is 3. The molecule has 0 aliphatic rings. The van der Waals surface area contributed by atoms with Crippen LogP contribution in [0.2, 0.25) is 0 Å². The smallest absolute Gasteiger partial charge is 0.417 e. The molecule has 0 atom stereocenters. The lowest BCUT2D eigenvalue weighted by Gasteiger charge is -2.09. The van der Waals surface area contributed by atoms with Crippen LogP contribution in [0, 0.1) is 10.1 Å². The van der Waals surface area contributed by atoms with E-state index >= 15 is 0 Å². The SMILES string of the molecule is O=C(O)C=Cc1ccc([N+](=O)[O-])cc1C(F)(F)F. The maximum absolute atomic E-state index is 12.6. The number of nitro groups is 1. The van der Waals surface area contributed by atoms with Gasteiger partial charge >= 0.3 is 12.1 Å². The highest BCUT2D eigenvalue weighted by molar-refractivity contribution is 5.85. The van der Waals surface area contributed by atoms with Gasteiger partial charge in [-0.15, -0.1) is 0 Å². The Bertz CT molecular complexity index is 522. The van der Waals surface area contributed by atoms with Crippen LogP contribution in [0.1, 0.15) is 11.1 Å². The second-order valence-electron chi connectivity index (χ2n) is 3.20. The quantitative estimate of drug-likeness (QED) is 0.515. The van der Waals surface area contributed by atoms with Crippen molar-refractivity contribution in [2.75, 3.05) is 0 Å². The first-order chi connectivity index (χ1) is 8.21. The van der Waals surface area contributed by atoms with E-state index in [1.807, 2.05) is 0 Å². The Morgan fingerprint density at radius 3 is 2.44 bits per heavy atom. The average molecular weight is 261 g/mol. The topological polar surface area (TPSA) is 80.4 Å². The normalized spacial score (nSPS) is 11.7. The number of hydrogen-bond acceptors (Lipinski definition) is 3. The van der Waals surface area contributed by atoms with Gasteiger partial charge in [0.25, 0.3) is 5.69 Å². The molecule has 0 aromatic heterocycles. The van der Waals surface area contributed by atoms with Crippen molar-refractivity contribution in [1.82, 2.24) is 0 Å². The molecule has 0 heterocycles. The molecule has 0 amide bonds. The zero-order chi connectivity index (χ0) is 13.9. The molecule has 8 heteroatoms. The number of halogens is 3. The third-order valence-corrected chi connectivity index (χ3v) is 1.96. The minimum absolute atomic E-state index is 0.363. The third kappa shape index (κ3) is 3.30. The van der Waals surface area contributed by atoms with Crippen LogP contribution in [0.3, 0.4) is 0 Å². The first kappa shape index (κ1) is 13.7. The van der Waals surface area contributed by atoms with Crippen molar-refractivity contribution in [2.24, 2.45) is 0 Å². The molecule has 0 saturated heterocycles. The Labute approximate surface area is 98.3 Å². The molecule has 0 bridgehead atoms. The minimum atomic E-state index is -4.80. The molecule has 0 radical (unpaired) electrons. The van der Waals surface area contributed by atoms with Gasteiger partial charge < -0.3 is 5.11 Å². The zero-order valence-electron chi connectivity index (χ0n) is 8.64. The molecule has 96 valence electrons. The lowest BCUT2D eigenvalue weighted by Crippen LogP contribution is -2.08. The Hall–Kier alpha value is -2.38. The van der Waals surface area contributed by atoms with E-state index in [-0.39, 0.29) is 0 Å². The average Bonchev–Trinajstić information content (AvgIpc) is 2.24. The molecular formula is C10H6F3NO4. The van der Waals surface area contributed by atoms with Gasteiger partial charge in [0.1, 0.15) is 0 Å². The van der Waals surface area contributed by atoms with Gasteiger partial charge in [-0.05, 0) is 17.7 Å². The molecule has 1 aromatic rings. The van der Waals surface area contributed by atoms with Gasteiger partial charge in [-0.2, -0.15) is 13.2 Å². The zero-order valence-corrected chi connectivity index (χ0v) is 8.64. The Kier molecular flexibility index (Phi) is 3.70. The molecule has 1 N–H and O–H groups in total. The molecule has 1 rings (SSSR count). The number of hydrogen-bond donors (Lipinski definition) is 1. The maximum Gasteiger partial charge on any atom is 0.417 e. The Morgan fingerprint density at radius 1 is 1.39 bits per heavy atom. The fourth-order valence-electron chi connectivity index (χ4n) is 1.21. The minimum Gasteiger partial charge on any atom is -0.478 e. The second kappa shape index (κ2) is 4.86. The summed E-state index contributed by atoms with van der Waals surface area (Å²) in [5, 5.41) is 18.7. The molecule has 0 fully saturated rings. The van der Waals surface area contributed by atoms with Crippen molar-refractivity contribution >= 4 is 17.7 Å². The van der Waals surface area contributed by atoms with E-state index < -0.39 is 33.9 Å². The molecule has 0 unspecified atom stereocenters. The number of carbonyl (C=O) groups is 1. The Morgan fingerprint density at radius 2 is 2.00 bits per heavy atom. The standard InChI is InChI=1S/C10H6F3NO4/c11-10(12,13)8-5-7(14(17)18)3-1-6(8)2-4-9(15)16/h1-5H,(H,15,16). The summed E-state index contributed by atoms with van der Waals surface area (Å²) in [5.74, 6) is -1.42. The van der Waals surface area contributed by atoms with Gasteiger partial charge in [-0.1, -0.05) is 0 Å². The van der Waals surface area contributed by atoms with Gasteiger partial charge in [0.05, 0.1) is 10.5 Å². The summed E-state index contributed by atoms with van der Waals surface area (Å²) >= 11 is 0. The van der Waals surface area contributed by atoms with Crippen molar-refractivity contribution in [3.63, 3.8) is 0 Å². The highest BCUT2D eigenvalue weighted by Crippen LogP contribution is 2.34. The van der Waals surface area contributed by atoms with Crippen molar-refractivity contribution in [3.8, 4) is 0 Å². The number of benzene rings is 1. The summed E-state index contributed by atoms with van der Waals surface area (Å²) in [5.41, 5.74) is -2.42. The summed E-state index contributed by atoms with van der Waals surface area (Å²) in [4.78, 5) is 19.7. The maximum atomic E-state index is 12.6. The molecule has 0 aliphatic heterocycles. The predicted molar refractivity (Wildman–Crippen MR) is 54.8 cm³/mol. The number of nitro benzene ring substituents is 1. The van der Waals surface area contributed by atoms with E-state index in [0.29, 0.717) is 12.1 Å². The fraction of sp³-hybridized carbons (Fsp3) is 0.100. The summed E-state index contributed by atoms with van der Waals surface area (Å²) in [6.45, 7) is 0. The first-order valence-corrected chi connectivity index (χ1v) is 4.48. The van der Waals surface area contributed by atoms with E-state index in [2.05, 4.69) is 0 Å². The molecule has 1 aromatic carbocycles. The number of aliphatic carboxylic acids is 1.